The Labute approximate surface area is 187 Å². The van der Waals surface area contributed by atoms with Gasteiger partial charge in [0.25, 0.3) is 0 Å². The molecule has 2 aromatic carbocycles. The van der Waals surface area contributed by atoms with Crippen LogP contribution in [0.15, 0.2) is 54.6 Å². The van der Waals surface area contributed by atoms with Crippen molar-refractivity contribution in [2.75, 3.05) is 6.54 Å². The molecule has 0 atom stereocenters. The number of hydrogen-bond acceptors (Lipinski definition) is 4. The highest BCUT2D eigenvalue weighted by atomic mass is 35.5. The molecule has 0 amide bonds. The summed E-state index contributed by atoms with van der Waals surface area (Å²) < 4.78 is 5.39. The van der Waals surface area contributed by atoms with Gasteiger partial charge in [-0.25, -0.2) is 4.79 Å². The molecule has 1 aliphatic carbocycles. The number of rotatable bonds is 7. The van der Waals surface area contributed by atoms with Crippen LogP contribution in [0.5, 0.6) is 0 Å². The molecule has 2 aromatic rings. The zero-order valence-electron chi connectivity index (χ0n) is 17.2. The van der Waals surface area contributed by atoms with Gasteiger partial charge in [-0.15, -0.1) is 12.4 Å². The Hall–Kier alpha value is -3.06. The van der Waals surface area contributed by atoms with Crippen LogP contribution in [0.25, 0.3) is 0 Å². The summed E-state index contributed by atoms with van der Waals surface area (Å²) in [6, 6.07) is 16.2. The first kappa shape index (κ1) is 24.2. The highest BCUT2D eigenvalue weighted by Gasteiger charge is 2.43. The number of benzene rings is 2. The van der Waals surface area contributed by atoms with Gasteiger partial charge in [0.15, 0.2) is 5.96 Å². The SMILES string of the molecule is Cl.N=C(N)NC[C@H]1CC[C@@](C(=O)O)(c2cccc(C(=O)OCc3ccccc3)c2)CC1. The molecule has 0 heterocycles. The highest BCUT2D eigenvalue weighted by Crippen LogP contribution is 2.42. The van der Waals surface area contributed by atoms with Crippen LogP contribution in [0.3, 0.4) is 0 Å². The normalized spacial score (nSPS) is 20.2. The number of aliphatic carboxylic acids is 1. The maximum Gasteiger partial charge on any atom is 0.338 e. The van der Waals surface area contributed by atoms with E-state index in [0.29, 0.717) is 43.4 Å². The fourth-order valence-electron chi connectivity index (χ4n) is 4.01. The molecule has 0 bridgehead atoms. The van der Waals surface area contributed by atoms with Crippen molar-refractivity contribution in [1.82, 2.24) is 5.32 Å². The van der Waals surface area contributed by atoms with Gasteiger partial charge < -0.3 is 20.9 Å². The third-order valence-corrected chi connectivity index (χ3v) is 5.81. The minimum Gasteiger partial charge on any atom is -0.481 e. The average Bonchev–Trinajstić information content (AvgIpc) is 2.77. The predicted octanol–water partition coefficient (Wildman–Crippen LogP) is 3.46. The van der Waals surface area contributed by atoms with Gasteiger partial charge in [-0.1, -0.05) is 42.5 Å². The summed E-state index contributed by atoms with van der Waals surface area (Å²) in [4.78, 5) is 24.8. The largest absolute Gasteiger partial charge is 0.481 e. The van der Waals surface area contributed by atoms with Gasteiger partial charge in [0.1, 0.15) is 6.61 Å². The van der Waals surface area contributed by atoms with Crippen molar-refractivity contribution < 1.29 is 19.4 Å². The van der Waals surface area contributed by atoms with Gasteiger partial charge in [0, 0.05) is 6.54 Å². The molecule has 1 aliphatic rings. The maximum absolute atomic E-state index is 12.5. The summed E-state index contributed by atoms with van der Waals surface area (Å²) in [5, 5.41) is 20.1. The molecular formula is C23H28ClN3O4. The number of halogens is 1. The van der Waals surface area contributed by atoms with Gasteiger partial charge in [0.05, 0.1) is 11.0 Å². The van der Waals surface area contributed by atoms with Crippen LogP contribution in [0.2, 0.25) is 0 Å². The molecule has 0 aliphatic heterocycles. The number of nitrogens with two attached hydrogens (primary N) is 1. The lowest BCUT2D eigenvalue weighted by molar-refractivity contribution is -0.145. The lowest BCUT2D eigenvalue weighted by Gasteiger charge is -2.37. The Kier molecular flexibility index (Phi) is 8.45. The Morgan fingerprint density at radius 1 is 1.13 bits per heavy atom. The van der Waals surface area contributed by atoms with E-state index in [-0.39, 0.29) is 30.9 Å². The molecule has 0 spiro atoms. The number of esters is 1. The zero-order valence-corrected chi connectivity index (χ0v) is 18.0. The van der Waals surface area contributed by atoms with Crippen LogP contribution < -0.4 is 11.1 Å². The van der Waals surface area contributed by atoms with Crippen molar-refractivity contribution >= 4 is 30.3 Å². The summed E-state index contributed by atoms with van der Waals surface area (Å²) >= 11 is 0. The number of hydrogen-bond donors (Lipinski definition) is 4. The number of carbonyl (C=O) groups excluding carboxylic acids is 1. The van der Waals surface area contributed by atoms with Gasteiger partial charge in [-0.2, -0.15) is 0 Å². The first-order valence-corrected chi connectivity index (χ1v) is 10.0. The van der Waals surface area contributed by atoms with Gasteiger partial charge >= 0.3 is 11.9 Å². The molecular weight excluding hydrogens is 418 g/mol. The highest BCUT2D eigenvalue weighted by molar-refractivity contribution is 5.90. The van der Waals surface area contributed by atoms with Crippen molar-refractivity contribution in [1.29, 1.82) is 5.41 Å². The quantitative estimate of drug-likeness (QED) is 0.294. The van der Waals surface area contributed by atoms with Crippen LogP contribution in [0, 0.1) is 11.3 Å². The van der Waals surface area contributed by atoms with E-state index in [0.717, 1.165) is 5.56 Å². The van der Waals surface area contributed by atoms with E-state index in [4.69, 9.17) is 15.9 Å². The summed E-state index contributed by atoms with van der Waals surface area (Å²) in [5.41, 5.74) is 6.19. The molecule has 0 aromatic heterocycles. The molecule has 0 radical (unpaired) electrons. The van der Waals surface area contributed by atoms with Gasteiger partial charge in [0.2, 0.25) is 0 Å². The summed E-state index contributed by atoms with van der Waals surface area (Å²) in [6.45, 7) is 0.732. The second-order valence-corrected chi connectivity index (χ2v) is 7.77. The standard InChI is InChI=1S/C23H27N3O4.ClH/c24-22(25)26-14-16-9-11-23(12-10-16,21(28)29)19-8-4-7-18(13-19)20(27)30-15-17-5-2-1-3-6-17;/h1-8,13,16H,9-12,14-15H2,(H,28,29)(H4,24,25,26);1H/t16-,23-;. The Bertz CT molecular complexity index is 912. The van der Waals surface area contributed by atoms with Crippen molar-refractivity contribution in [3.05, 3.63) is 71.3 Å². The lowest BCUT2D eigenvalue weighted by atomic mass is 9.66. The van der Waals surface area contributed by atoms with Crippen molar-refractivity contribution in [2.24, 2.45) is 11.7 Å². The lowest BCUT2D eigenvalue weighted by Crippen LogP contribution is -2.42. The van der Waals surface area contributed by atoms with Crippen molar-refractivity contribution in [3.63, 3.8) is 0 Å². The molecule has 1 saturated carbocycles. The molecule has 166 valence electrons. The van der Waals surface area contributed by atoms with Gasteiger partial charge in [-0.05, 0) is 54.9 Å². The smallest absolute Gasteiger partial charge is 0.338 e. The number of carbonyl (C=O) groups is 2. The molecule has 5 N–H and O–H groups in total. The number of nitrogens with one attached hydrogen (secondary N) is 2. The number of ether oxygens (including phenoxy) is 1. The van der Waals surface area contributed by atoms with Crippen LogP contribution in [0.1, 0.15) is 47.2 Å². The number of carboxylic acids is 1. The predicted molar refractivity (Wildman–Crippen MR) is 120 cm³/mol. The third-order valence-electron chi connectivity index (χ3n) is 5.81. The molecule has 8 heteroatoms. The number of carboxylic acid groups (broad SMARTS) is 1. The second kappa shape index (κ2) is 10.8. The summed E-state index contributed by atoms with van der Waals surface area (Å²) in [5.74, 6) is -1.16. The van der Waals surface area contributed by atoms with E-state index in [1.54, 1.807) is 24.3 Å². The Morgan fingerprint density at radius 3 is 2.42 bits per heavy atom. The molecule has 3 rings (SSSR count). The molecule has 31 heavy (non-hydrogen) atoms. The molecule has 1 fully saturated rings. The van der Waals surface area contributed by atoms with Gasteiger partial charge in [-0.3, -0.25) is 10.2 Å². The Morgan fingerprint density at radius 2 is 1.81 bits per heavy atom. The molecule has 7 nitrogen and oxygen atoms in total. The van der Waals surface area contributed by atoms with E-state index in [9.17, 15) is 14.7 Å². The topological polar surface area (TPSA) is 126 Å². The number of guanidine groups is 1. The molecule has 0 saturated heterocycles. The van der Waals surface area contributed by atoms with Crippen molar-refractivity contribution in [3.8, 4) is 0 Å². The summed E-state index contributed by atoms with van der Waals surface area (Å²) in [7, 11) is 0. The van der Waals surface area contributed by atoms with Crippen LogP contribution in [-0.2, 0) is 21.6 Å². The van der Waals surface area contributed by atoms with E-state index in [2.05, 4.69) is 5.32 Å². The monoisotopic (exact) mass is 445 g/mol. The minimum absolute atomic E-state index is 0. The minimum atomic E-state index is -1.03. The van der Waals surface area contributed by atoms with Crippen LogP contribution in [-0.4, -0.2) is 29.5 Å². The van der Waals surface area contributed by atoms with E-state index >= 15 is 0 Å². The van der Waals surface area contributed by atoms with E-state index in [1.165, 1.54) is 0 Å². The molecule has 0 unspecified atom stereocenters. The van der Waals surface area contributed by atoms with E-state index < -0.39 is 17.4 Å². The first-order valence-electron chi connectivity index (χ1n) is 10.0. The fourth-order valence-corrected chi connectivity index (χ4v) is 4.01. The van der Waals surface area contributed by atoms with Crippen molar-refractivity contribution in [2.45, 2.75) is 37.7 Å². The fraction of sp³-hybridized carbons (Fsp3) is 0.348. The zero-order chi connectivity index (χ0) is 21.6. The summed E-state index contributed by atoms with van der Waals surface area (Å²) in [6.07, 6.45) is 2.34. The maximum atomic E-state index is 12.5. The van der Waals surface area contributed by atoms with E-state index in [1.807, 2.05) is 30.3 Å². The second-order valence-electron chi connectivity index (χ2n) is 7.77. The average molecular weight is 446 g/mol. The Balaban J connectivity index is 0.00000341. The first-order chi connectivity index (χ1) is 14.4. The van der Waals surface area contributed by atoms with Crippen LogP contribution >= 0.6 is 12.4 Å². The third kappa shape index (κ3) is 5.98. The van der Waals surface area contributed by atoms with Crippen LogP contribution in [0.4, 0.5) is 0 Å².